The maximum Gasteiger partial charge on any atom is 4.00 e. The zero-order chi connectivity index (χ0) is 11.5. The van der Waals surface area contributed by atoms with Crippen LogP contribution in [0.3, 0.4) is 0 Å². The molecular formula is C14H21Cl2SiZr. The molecule has 0 aromatic heterocycles. The molecule has 0 amide bonds. The third-order valence-electron chi connectivity index (χ3n) is 1.74. The average molecular weight is 380 g/mol. The van der Waals surface area contributed by atoms with E-state index < -0.39 is 0 Å². The molecule has 1 radical (unpaired) electrons. The third kappa shape index (κ3) is 19.0. The van der Waals surface area contributed by atoms with Crippen LogP contribution in [0.1, 0.15) is 26.7 Å². The molecule has 0 saturated heterocycles. The summed E-state index contributed by atoms with van der Waals surface area (Å²) in [6.45, 7) is 8.58. The first-order valence-electron chi connectivity index (χ1n) is 5.41. The Morgan fingerprint density at radius 2 is 1.17 bits per heavy atom. The Balaban J connectivity index is -0.0000000793. The van der Waals surface area contributed by atoms with E-state index in [0.717, 1.165) is 22.4 Å². The van der Waals surface area contributed by atoms with Crippen LogP contribution in [0.5, 0.6) is 0 Å². The van der Waals surface area contributed by atoms with Crippen molar-refractivity contribution < 1.29 is 51.0 Å². The first-order valence-corrected chi connectivity index (χ1v) is 7.72. The average Bonchev–Trinajstić information content (AvgIpc) is 2.81. The molecule has 0 saturated carbocycles. The van der Waals surface area contributed by atoms with Gasteiger partial charge in [-0.05, 0) is 0 Å². The van der Waals surface area contributed by atoms with E-state index >= 15 is 0 Å². The van der Waals surface area contributed by atoms with E-state index in [1.165, 1.54) is 11.1 Å². The zero-order valence-electron chi connectivity index (χ0n) is 11.6. The predicted octanol–water partition coefficient (Wildman–Crippen LogP) is -2.08. The van der Waals surface area contributed by atoms with Crippen molar-refractivity contribution in [3.05, 3.63) is 47.6 Å². The van der Waals surface area contributed by atoms with Crippen molar-refractivity contribution in [3.63, 3.8) is 0 Å². The van der Waals surface area contributed by atoms with E-state index in [1.54, 1.807) is 0 Å². The van der Waals surface area contributed by atoms with Gasteiger partial charge in [0.1, 0.15) is 0 Å². The maximum atomic E-state index is 3.05. The fourth-order valence-corrected chi connectivity index (χ4v) is 0.998. The van der Waals surface area contributed by atoms with E-state index in [-0.39, 0.29) is 51.0 Å². The second-order valence-corrected chi connectivity index (χ2v) is 4.73. The topological polar surface area (TPSA) is 0 Å². The molecule has 0 atom stereocenters. The minimum absolute atomic E-state index is 0. The van der Waals surface area contributed by atoms with Crippen molar-refractivity contribution in [1.29, 1.82) is 0 Å². The summed E-state index contributed by atoms with van der Waals surface area (Å²) in [5, 5.41) is 0. The summed E-state index contributed by atoms with van der Waals surface area (Å²) in [4.78, 5) is 0. The van der Waals surface area contributed by atoms with Gasteiger partial charge >= 0.3 is 26.2 Å². The van der Waals surface area contributed by atoms with Crippen molar-refractivity contribution in [2.75, 3.05) is 0 Å². The van der Waals surface area contributed by atoms with Crippen LogP contribution < -0.4 is 24.8 Å². The molecule has 2 aliphatic rings. The van der Waals surface area contributed by atoms with E-state index in [2.05, 4.69) is 51.2 Å². The third-order valence-corrected chi connectivity index (χ3v) is 1.74. The van der Waals surface area contributed by atoms with Crippen LogP contribution in [0.2, 0.25) is 13.1 Å². The molecule has 0 N–H and O–H groups in total. The maximum absolute atomic E-state index is 3.05. The normalized spacial score (nSPS) is 13.3. The second-order valence-electron chi connectivity index (χ2n) is 3.58. The number of hydrogen-bond donors (Lipinski definition) is 0. The van der Waals surface area contributed by atoms with Crippen molar-refractivity contribution in [1.82, 2.24) is 0 Å². The molecule has 99 valence electrons. The monoisotopic (exact) mass is 377 g/mol. The van der Waals surface area contributed by atoms with Gasteiger partial charge in [0.25, 0.3) is 0 Å². The van der Waals surface area contributed by atoms with Crippen molar-refractivity contribution in [2.24, 2.45) is 0 Å². The Morgan fingerprint density at radius 3 is 1.22 bits per heavy atom. The SMILES string of the molecule is CC1=CC[C-]=C1.CC1=CC[C-]=C1.C[SiH]C.[Cl-].[Cl-].[Zr+4]. The van der Waals surface area contributed by atoms with Gasteiger partial charge in [-0.3, -0.25) is 12.2 Å². The second kappa shape index (κ2) is 20.0. The molecule has 18 heavy (non-hydrogen) atoms. The van der Waals surface area contributed by atoms with Gasteiger partial charge in [0.2, 0.25) is 0 Å². The van der Waals surface area contributed by atoms with Gasteiger partial charge in [-0.1, -0.05) is 13.1 Å². The summed E-state index contributed by atoms with van der Waals surface area (Å²) in [5.41, 5.74) is 2.69. The molecule has 4 heteroatoms. The minimum atomic E-state index is 0. The van der Waals surface area contributed by atoms with Gasteiger partial charge in [0.05, 0.1) is 0 Å². The summed E-state index contributed by atoms with van der Waals surface area (Å²) in [6, 6.07) is 0. The molecule has 0 aromatic rings. The predicted molar refractivity (Wildman–Crippen MR) is 71.3 cm³/mol. The van der Waals surface area contributed by atoms with Crippen LogP contribution in [-0.2, 0) is 26.2 Å². The molecule has 0 unspecified atom stereocenters. The number of hydrogen-bond acceptors (Lipinski definition) is 0. The summed E-state index contributed by atoms with van der Waals surface area (Å²) < 4.78 is 0. The fourth-order valence-electron chi connectivity index (χ4n) is 0.998. The van der Waals surface area contributed by atoms with E-state index in [9.17, 15) is 0 Å². The van der Waals surface area contributed by atoms with Crippen LogP contribution in [0.4, 0.5) is 0 Å². The first-order chi connectivity index (χ1) is 7.20. The van der Waals surface area contributed by atoms with Crippen LogP contribution in [0.25, 0.3) is 0 Å². The summed E-state index contributed by atoms with van der Waals surface area (Å²) in [6.07, 6.45) is 16.5. The first kappa shape index (κ1) is 27.1. The Bertz CT molecular complexity index is 248. The molecule has 0 heterocycles. The van der Waals surface area contributed by atoms with E-state index in [0.29, 0.717) is 0 Å². The van der Waals surface area contributed by atoms with Crippen molar-refractivity contribution in [2.45, 2.75) is 39.8 Å². The van der Waals surface area contributed by atoms with Gasteiger partial charge in [-0.25, -0.2) is 23.3 Å². The Kier molecular flexibility index (Phi) is 30.0. The molecular weight excluding hydrogens is 358 g/mol. The molecule has 0 aliphatic heterocycles. The summed E-state index contributed by atoms with van der Waals surface area (Å²) >= 11 is 0. The quantitative estimate of drug-likeness (QED) is 0.335. The molecule has 0 nitrogen and oxygen atoms in total. The van der Waals surface area contributed by atoms with Gasteiger partial charge in [-0.15, -0.1) is 26.7 Å². The van der Waals surface area contributed by atoms with E-state index in [4.69, 9.17) is 0 Å². The van der Waals surface area contributed by atoms with Crippen LogP contribution in [0.15, 0.2) is 35.5 Å². The van der Waals surface area contributed by atoms with E-state index in [1.807, 2.05) is 12.2 Å². The number of rotatable bonds is 0. The molecule has 2 rings (SSSR count). The fraction of sp³-hybridized carbons (Fsp3) is 0.429. The molecule has 0 spiro atoms. The zero-order valence-corrected chi connectivity index (χ0v) is 16.7. The van der Waals surface area contributed by atoms with Crippen LogP contribution >= 0.6 is 0 Å². The summed E-state index contributed by atoms with van der Waals surface area (Å²) in [5.74, 6) is 0. The molecule has 0 aromatic carbocycles. The van der Waals surface area contributed by atoms with Gasteiger partial charge in [-0.2, -0.15) is 12.2 Å². The molecule has 0 fully saturated rings. The number of allylic oxidation sites excluding steroid dienone is 8. The molecule has 0 bridgehead atoms. The van der Waals surface area contributed by atoms with Crippen molar-refractivity contribution in [3.8, 4) is 0 Å². The van der Waals surface area contributed by atoms with Crippen LogP contribution in [-0.4, -0.2) is 9.52 Å². The standard InChI is InChI=1S/2C6H7.C2H7Si.2ClH.Zr/c2*1-6-4-2-3-5-6;1-3-2;;;/h2*4-5H,2H2,1H3;3H,1-2H3;2*1H;/q2*-1;;;;+4/p-2. The van der Waals surface area contributed by atoms with Gasteiger partial charge in [0, 0.05) is 9.52 Å². The smallest absolute Gasteiger partial charge is 1.00 e. The Hall–Kier alpha value is 0.640. The minimum Gasteiger partial charge on any atom is -1.00 e. The molecule has 2 aliphatic carbocycles. The van der Waals surface area contributed by atoms with Crippen molar-refractivity contribution >= 4 is 9.52 Å². The Labute approximate surface area is 147 Å². The summed E-state index contributed by atoms with van der Waals surface area (Å²) in [7, 11) is 0.750. The largest absolute Gasteiger partial charge is 4.00 e. The number of halogens is 2. The van der Waals surface area contributed by atoms with Gasteiger partial charge < -0.3 is 24.8 Å². The Morgan fingerprint density at radius 1 is 0.889 bits per heavy atom. The van der Waals surface area contributed by atoms with Gasteiger partial charge in [0.15, 0.2) is 0 Å². The van der Waals surface area contributed by atoms with Crippen LogP contribution in [0, 0.1) is 12.2 Å².